The van der Waals surface area contributed by atoms with Gasteiger partial charge in [-0.15, -0.1) is 0 Å². The first-order chi connectivity index (χ1) is 14.0. The monoisotopic (exact) mass is 416 g/mol. The number of aromatic nitrogens is 4. The van der Waals surface area contributed by atoms with Crippen LogP contribution in [0, 0.1) is 6.92 Å². The standard InChI is InChI=1S/C20H19F3N6O/c1-11-4-15(12-5-13(24)7-25-6-12)27-17-16(11)18(30)29(19(17,2)3)14-8-26-28(9-14)10-20(21,22)23/h4-9H,10,24H2,1-3H3. The van der Waals surface area contributed by atoms with E-state index in [0.717, 1.165) is 4.68 Å². The number of fused-ring (bicyclic) bond motifs is 1. The SMILES string of the molecule is Cc1cc(-c2cncc(N)c2)nc2c1C(=O)N(c1cnn(CC(F)(F)F)c1)C2(C)C. The highest BCUT2D eigenvalue weighted by atomic mass is 19.4. The summed E-state index contributed by atoms with van der Waals surface area (Å²) in [6.07, 6.45) is 1.23. The number of carbonyl (C=O) groups is 1. The maximum Gasteiger partial charge on any atom is 0.408 e. The largest absolute Gasteiger partial charge is 0.408 e. The maximum atomic E-state index is 13.2. The van der Waals surface area contributed by atoms with E-state index in [9.17, 15) is 18.0 Å². The number of alkyl halides is 3. The fraction of sp³-hybridized carbons (Fsp3) is 0.300. The van der Waals surface area contributed by atoms with E-state index in [4.69, 9.17) is 10.7 Å². The predicted molar refractivity (Wildman–Crippen MR) is 105 cm³/mol. The Bertz CT molecular complexity index is 1150. The number of hydrogen-bond donors (Lipinski definition) is 1. The Hall–Kier alpha value is -3.43. The summed E-state index contributed by atoms with van der Waals surface area (Å²) in [7, 11) is 0. The van der Waals surface area contributed by atoms with Gasteiger partial charge in [-0.1, -0.05) is 0 Å². The first kappa shape index (κ1) is 19.9. The maximum absolute atomic E-state index is 13.2. The van der Waals surface area contributed by atoms with E-state index in [0.29, 0.717) is 33.8 Å². The molecule has 7 nitrogen and oxygen atoms in total. The molecule has 3 aromatic rings. The number of nitrogens with two attached hydrogens (primary N) is 1. The van der Waals surface area contributed by atoms with Crippen molar-refractivity contribution in [2.24, 2.45) is 0 Å². The van der Waals surface area contributed by atoms with Crippen molar-refractivity contribution in [3.8, 4) is 11.3 Å². The number of amides is 1. The van der Waals surface area contributed by atoms with Crippen LogP contribution in [0.15, 0.2) is 36.9 Å². The molecule has 4 rings (SSSR count). The Labute approximate surface area is 170 Å². The van der Waals surface area contributed by atoms with E-state index in [1.807, 2.05) is 0 Å². The molecule has 156 valence electrons. The summed E-state index contributed by atoms with van der Waals surface area (Å²) in [5, 5.41) is 3.77. The lowest BCUT2D eigenvalue weighted by molar-refractivity contribution is -0.142. The number of rotatable bonds is 3. The summed E-state index contributed by atoms with van der Waals surface area (Å²) in [6, 6.07) is 3.52. The number of halogens is 3. The molecule has 10 heteroatoms. The highest BCUT2D eigenvalue weighted by Crippen LogP contribution is 2.43. The van der Waals surface area contributed by atoms with Gasteiger partial charge in [0.15, 0.2) is 0 Å². The Kier molecular flexibility index (Phi) is 4.33. The summed E-state index contributed by atoms with van der Waals surface area (Å²) in [5.74, 6) is -0.330. The summed E-state index contributed by atoms with van der Waals surface area (Å²) in [4.78, 5) is 23.4. The molecular weight excluding hydrogens is 397 g/mol. The van der Waals surface area contributed by atoms with E-state index in [-0.39, 0.29) is 11.6 Å². The molecule has 2 N–H and O–H groups in total. The van der Waals surface area contributed by atoms with Crippen molar-refractivity contribution in [2.45, 2.75) is 39.0 Å². The van der Waals surface area contributed by atoms with E-state index >= 15 is 0 Å². The molecule has 1 amide bonds. The van der Waals surface area contributed by atoms with Gasteiger partial charge in [0.1, 0.15) is 6.54 Å². The molecule has 0 aromatic carbocycles. The lowest BCUT2D eigenvalue weighted by Crippen LogP contribution is -2.39. The molecule has 0 atom stereocenters. The number of carbonyl (C=O) groups excluding carboxylic acids is 1. The Morgan fingerprint density at radius 1 is 1.17 bits per heavy atom. The minimum Gasteiger partial charge on any atom is -0.397 e. The van der Waals surface area contributed by atoms with Gasteiger partial charge in [0.25, 0.3) is 5.91 Å². The zero-order chi connectivity index (χ0) is 21.8. The molecule has 0 saturated carbocycles. The Morgan fingerprint density at radius 2 is 1.90 bits per heavy atom. The first-order valence-corrected chi connectivity index (χ1v) is 9.14. The van der Waals surface area contributed by atoms with Crippen LogP contribution in [0.5, 0.6) is 0 Å². The molecule has 0 aliphatic carbocycles. The predicted octanol–water partition coefficient (Wildman–Crippen LogP) is 3.69. The number of nitrogens with zero attached hydrogens (tertiary/aromatic N) is 5. The van der Waals surface area contributed by atoms with E-state index in [1.54, 1.807) is 39.1 Å². The lowest BCUT2D eigenvalue weighted by atomic mass is 9.96. The third-order valence-electron chi connectivity index (χ3n) is 5.05. The van der Waals surface area contributed by atoms with Crippen molar-refractivity contribution in [1.29, 1.82) is 0 Å². The van der Waals surface area contributed by atoms with Crippen molar-refractivity contribution >= 4 is 17.3 Å². The van der Waals surface area contributed by atoms with Crippen LogP contribution in [-0.4, -0.2) is 31.8 Å². The average molecular weight is 416 g/mol. The van der Waals surface area contributed by atoms with Crippen LogP contribution >= 0.6 is 0 Å². The topological polar surface area (TPSA) is 89.9 Å². The third kappa shape index (κ3) is 3.27. The smallest absolute Gasteiger partial charge is 0.397 e. The van der Waals surface area contributed by atoms with Gasteiger partial charge in [0, 0.05) is 24.2 Å². The second kappa shape index (κ2) is 6.54. The normalized spacial score (nSPS) is 15.5. The summed E-state index contributed by atoms with van der Waals surface area (Å²) >= 11 is 0. The van der Waals surface area contributed by atoms with Gasteiger partial charge in [0.05, 0.1) is 40.1 Å². The van der Waals surface area contributed by atoms with Gasteiger partial charge in [-0.25, -0.2) is 4.98 Å². The van der Waals surface area contributed by atoms with Crippen LogP contribution in [0.25, 0.3) is 11.3 Å². The van der Waals surface area contributed by atoms with E-state index in [2.05, 4.69) is 10.1 Å². The first-order valence-electron chi connectivity index (χ1n) is 9.14. The average Bonchev–Trinajstić information content (AvgIpc) is 3.13. The molecule has 1 aliphatic heterocycles. The fourth-order valence-electron chi connectivity index (χ4n) is 3.78. The van der Waals surface area contributed by atoms with Crippen LogP contribution in [0.1, 0.15) is 35.5 Å². The van der Waals surface area contributed by atoms with Crippen molar-refractivity contribution in [1.82, 2.24) is 19.7 Å². The number of anilines is 2. The second-order valence-electron chi connectivity index (χ2n) is 7.77. The molecule has 30 heavy (non-hydrogen) atoms. The number of nitrogen functional groups attached to an aromatic ring is 1. The highest BCUT2D eigenvalue weighted by Gasteiger charge is 2.47. The molecule has 3 aromatic heterocycles. The van der Waals surface area contributed by atoms with E-state index < -0.39 is 18.3 Å². The summed E-state index contributed by atoms with van der Waals surface area (Å²) < 4.78 is 38.8. The molecule has 0 bridgehead atoms. The zero-order valence-corrected chi connectivity index (χ0v) is 16.5. The van der Waals surface area contributed by atoms with Gasteiger partial charge in [-0.3, -0.25) is 19.4 Å². The molecule has 1 aliphatic rings. The molecule has 0 radical (unpaired) electrons. The Morgan fingerprint density at radius 3 is 2.57 bits per heavy atom. The molecule has 0 unspecified atom stereocenters. The summed E-state index contributed by atoms with van der Waals surface area (Å²) in [6.45, 7) is 4.16. The van der Waals surface area contributed by atoms with Gasteiger partial charge >= 0.3 is 6.18 Å². The lowest BCUT2D eigenvalue weighted by Gasteiger charge is -2.30. The van der Waals surface area contributed by atoms with Crippen molar-refractivity contribution in [3.63, 3.8) is 0 Å². The van der Waals surface area contributed by atoms with Gasteiger partial charge in [-0.05, 0) is 38.5 Å². The third-order valence-corrected chi connectivity index (χ3v) is 5.05. The minimum atomic E-state index is -4.41. The zero-order valence-electron chi connectivity index (χ0n) is 16.5. The van der Waals surface area contributed by atoms with Gasteiger partial charge < -0.3 is 5.73 Å². The van der Waals surface area contributed by atoms with Crippen LogP contribution in [0.4, 0.5) is 24.5 Å². The van der Waals surface area contributed by atoms with Crippen LogP contribution in [0.2, 0.25) is 0 Å². The fourth-order valence-corrected chi connectivity index (χ4v) is 3.78. The van der Waals surface area contributed by atoms with Gasteiger partial charge in [-0.2, -0.15) is 18.3 Å². The van der Waals surface area contributed by atoms with Crippen LogP contribution in [-0.2, 0) is 12.1 Å². The van der Waals surface area contributed by atoms with E-state index in [1.165, 1.54) is 23.5 Å². The highest BCUT2D eigenvalue weighted by molar-refractivity contribution is 6.12. The number of pyridine rings is 2. The summed E-state index contributed by atoms with van der Waals surface area (Å²) in [5.41, 5.74) is 8.69. The van der Waals surface area contributed by atoms with Crippen molar-refractivity contribution in [2.75, 3.05) is 10.6 Å². The number of hydrogen-bond acceptors (Lipinski definition) is 5. The molecular formula is C20H19F3N6O. The molecule has 0 fully saturated rings. The molecule has 4 heterocycles. The molecule has 0 spiro atoms. The van der Waals surface area contributed by atoms with Crippen LogP contribution in [0.3, 0.4) is 0 Å². The molecule has 0 saturated heterocycles. The quantitative estimate of drug-likeness (QED) is 0.703. The number of aryl methyl sites for hydroxylation is 1. The van der Waals surface area contributed by atoms with Crippen molar-refractivity contribution in [3.05, 3.63) is 53.7 Å². The van der Waals surface area contributed by atoms with Crippen LogP contribution < -0.4 is 10.6 Å². The van der Waals surface area contributed by atoms with Gasteiger partial charge in [0.2, 0.25) is 0 Å². The minimum absolute atomic E-state index is 0.277. The Balaban J connectivity index is 1.78. The second-order valence-corrected chi connectivity index (χ2v) is 7.77. The van der Waals surface area contributed by atoms with Crippen molar-refractivity contribution < 1.29 is 18.0 Å².